The number of carbonyl (C=O) groups is 1. The van der Waals surface area contributed by atoms with E-state index in [-0.39, 0.29) is 21.9 Å². The van der Waals surface area contributed by atoms with Gasteiger partial charge in [0.1, 0.15) is 5.78 Å². The van der Waals surface area contributed by atoms with Crippen molar-refractivity contribution in [1.29, 1.82) is 0 Å². The normalized spacial score (nSPS) is 12.9. The van der Waals surface area contributed by atoms with Gasteiger partial charge in [0.2, 0.25) is 0 Å². The molecular weight excluding hydrogens is 289 g/mol. The van der Waals surface area contributed by atoms with E-state index >= 15 is 0 Å². The van der Waals surface area contributed by atoms with Gasteiger partial charge in [0.15, 0.2) is 0 Å². The van der Waals surface area contributed by atoms with Crippen molar-refractivity contribution in [3.63, 3.8) is 0 Å². The summed E-state index contributed by atoms with van der Waals surface area (Å²) >= 11 is 8.85. The van der Waals surface area contributed by atoms with E-state index in [4.69, 9.17) is 11.6 Å². The molecule has 0 aromatic heterocycles. The molecule has 1 aromatic carbocycles. The predicted octanol–water partition coefficient (Wildman–Crippen LogP) is 4.30. The number of Topliss-reactive ketones (excluding diaryl/α,β-unsaturated/α-hetero) is 1. The van der Waals surface area contributed by atoms with Gasteiger partial charge in [0.25, 0.3) is 6.43 Å². The summed E-state index contributed by atoms with van der Waals surface area (Å²) in [6, 6.07) is 4.19. The number of ketones is 1. The summed E-state index contributed by atoms with van der Waals surface area (Å²) in [5.41, 5.74) is -0.0544. The second-order valence-corrected chi connectivity index (χ2v) is 4.34. The molecule has 0 bridgehead atoms. The Morgan fingerprint density at radius 1 is 1.47 bits per heavy atom. The molecule has 0 aliphatic rings. The van der Waals surface area contributed by atoms with Gasteiger partial charge in [-0.3, -0.25) is 4.79 Å². The average molecular weight is 298 g/mol. The lowest BCUT2D eigenvalue weighted by Crippen LogP contribution is -2.06. The molecule has 82 valence electrons. The number of hydrogen-bond donors (Lipinski definition) is 0. The molecule has 0 saturated carbocycles. The number of carbonyl (C=O) groups excluding carboxylic acids is 1. The van der Waals surface area contributed by atoms with Crippen LogP contribution >= 0.6 is 27.5 Å². The predicted molar refractivity (Wildman–Crippen MR) is 58.8 cm³/mol. The van der Waals surface area contributed by atoms with Gasteiger partial charge in [0.05, 0.1) is 4.83 Å². The van der Waals surface area contributed by atoms with Crippen LogP contribution in [0.15, 0.2) is 18.2 Å². The highest BCUT2D eigenvalue weighted by molar-refractivity contribution is 9.09. The fraction of sp³-hybridized carbons (Fsp3) is 0.300. The summed E-state index contributed by atoms with van der Waals surface area (Å²) in [7, 11) is 0. The van der Waals surface area contributed by atoms with Crippen molar-refractivity contribution in [2.24, 2.45) is 0 Å². The lowest BCUT2D eigenvalue weighted by Gasteiger charge is -2.13. The van der Waals surface area contributed by atoms with Crippen LogP contribution in [0, 0.1) is 0 Å². The zero-order valence-corrected chi connectivity index (χ0v) is 10.1. The van der Waals surface area contributed by atoms with Crippen LogP contribution in [0.2, 0.25) is 5.02 Å². The smallest absolute Gasteiger partial charge is 0.264 e. The molecule has 1 atom stereocenters. The summed E-state index contributed by atoms with van der Waals surface area (Å²) in [4.78, 5) is 10.3. The first kappa shape index (κ1) is 12.6. The summed E-state index contributed by atoms with van der Waals surface area (Å²) < 4.78 is 25.3. The Morgan fingerprint density at radius 2 is 2.07 bits per heavy atom. The molecule has 1 aromatic rings. The maximum absolute atomic E-state index is 12.6. The van der Waals surface area contributed by atoms with Crippen LogP contribution in [-0.4, -0.2) is 5.78 Å². The van der Waals surface area contributed by atoms with Crippen LogP contribution in [0.3, 0.4) is 0 Å². The molecule has 0 fully saturated rings. The molecule has 1 nitrogen and oxygen atoms in total. The van der Waals surface area contributed by atoms with Crippen LogP contribution in [-0.2, 0) is 4.79 Å². The molecule has 0 saturated heterocycles. The lowest BCUT2D eigenvalue weighted by molar-refractivity contribution is -0.116. The van der Waals surface area contributed by atoms with Crippen molar-refractivity contribution < 1.29 is 13.6 Å². The summed E-state index contributed by atoms with van der Waals surface area (Å²) in [5, 5.41) is 0.171. The fourth-order valence-corrected chi connectivity index (χ4v) is 2.15. The minimum Gasteiger partial charge on any atom is -0.298 e. The molecule has 0 spiro atoms. The van der Waals surface area contributed by atoms with Crippen molar-refractivity contribution in [3.05, 3.63) is 34.3 Å². The monoisotopic (exact) mass is 296 g/mol. The minimum atomic E-state index is -2.64. The van der Waals surface area contributed by atoms with E-state index in [1.165, 1.54) is 25.1 Å². The number of halogens is 4. The maximum Gasteiger partial charge on any atom is 0.264 e. The quantitative estimate of drug-likeness (QED) is 0.760. The maximum atomic E-state index is 12.6. The number of hydrogen-bond acceptors (Lipinski definition) is 1. The molecule has 0 heterocycles. The van der Waals surface area contributed by atoms with Gasteiger partial charge in [-0.2, -0.15) is 0 Å². The van der Waals surface area contributed by atoms with Crippen LogP contribution in [0.25, 0.3) is 0 Å². The van der Waals surface area contributed by atoms with E-state index in [1.54, 1.807) is 0 Å². The molecule has 1 rings (SSSR count). The SMILES string of the molecule is CC(=O)C(Br)c1c(Cl)cccc1C(F)F. The Hall–Kier alpha value is -0.480. The first-order valence-corrected chi connectivity index (χ1v) is 5.45. The van der Waals surface area contributed by atoms with E-state index in [0.717, 1.165) is 0 Å². The molecule has 0 amide bonds. The van der Waals surface area contributed by atoms with Gasteiger partial charge in [-0.1, -0.05) is 39.7 Å². The highest BCUT2D eigenvalue weighted by Crippen LogP contribution is 2.37. The second kappa shape index (κ2) is 5.03. The Morgan fingerprint density at radius 3 is 2.53 bits per heavy atom. The van der Waals surface area contributed by atoms with Gasteiger partial charge in [0, 0.05) is 16.1 Å². The van der Waals surface area contributed by atoms with Crippen molar-refractivity contribution in [1.82, 2.24) is 0 Å². The van der Waals surface area contributed by atoms with Crippen LogP contribution < -0.4 is 0 Å². The van der Waals surface area contributed by atoms with Crippen molar-refractivity contribution in [3.8, 4) is 0 Å². The average Bonchev–Trinajstić information content (AvgIpc) is 2.16. The second-order valence-electron chi connectivity index (χ2n) is 3.02. The van der Waals surface area contributed by atoms with Gasteiger partial charge >= 0.3 is 0 Å². The number of benzene rings is 1. The lowest BCUT2D eigenvalue weighted by atomic mass is 10.0. The first-order valence-electron chi connectivity index (χ1n) is 4.16. The van der Waals surface area contributed by atoms with Crippen molar-refractivity contribution >= 4 is 33.3 Å². The van der Waals surface area contributed by atoms with Crippen LogP contribution in [0.1, 0.15) is 29.3 Å². The number of alkyl halides is 3. The summed E-state index contributed by atoms with van der Waals surface area (Å²) in [6.07, 6.45) is -2.64. The topological polar surface area (TPSA) is 17.1 Å². The Bertz CT molecular complexity index is 382. The van der Waals surface area contributed by atoms with Gasteiger partial charge in [-0.15, -0.1) is 0 Å². The van der Waals surface area contributed by atoms with Crippen LogP contribution in [0.5, 0.6) is 0 Å². The van der Waals surface area contributed by atoms with E-state index in [1.807, 2.05) is 0 Å². The third-order valence-electron chi connectivity index (χ3n) is 1.93. The third kappa shape index (κ3) is 2.75. The van der Waals surface area contributed by atoms with Crippen LogP contribution in [0.4, 0.5) is 8.78 Å². The third-order valence-corrected chi connectivity index (χ3v) is 3.36. The molecule has 1 unspecified atom stereocenters. The molecule has 0 radical (unpaired) electrons. The molecule has 0 aliphatic carbocycles. The largest absolute Gasteiger partial charge is 0.298 e. The zero-order valence-electron chi connectivity index (χ0n) is 7.81. The highest BCUT2D eigenvalue weighted by Gasteiger charge is 2.23. The minimum absolute atomic E-state index is 0.154. The molecule has 5 heteroatoms. The van der Waals surface area contributed by atoms with E-state index in [2.05, 4.69) is 15.9 Å². The number of rotatable bonds is 3. The van der Waals surface area contributed by atoms with E-state index in [0.29, 0.717) is 0 Å². The van der Waals surface area contributed by atoms with Crippen molar-refractivity contribution in [2.75, 3.05) is 0 Å². The standard InChI is InChI=1S/C10H8BrClF2O/c1-5(15)9(11)8-6(10(13)14)3-2-4-7(8)12/h2-4,9-10H,1H3. The Balaban J connectivity index is 3.30. The van der Waals surface area contributed by atoms with Gasteiger partial charge in [-0.25, -0.2) is 8.78 Å². The van der Waals surface area contributed by atoms with E-state index in [9.17, 15) is 13.6 Å². The molecule has 15 heavy (non-hydrogen) atoms. The fourth-order valence-electron chi connectivity index (χ4n) is 1.21. The molecule has 0 aliphatic heterocycles. The Kier molecular flexibility index (Phi) is 4.22. The van der Waals surface area contributed by atoms with Gasteiger partial charge < -0.3 is 0 Å². The summed E-state index contributed by atoms with van der Waals surface area (Å²) in [5.74, 6) is -0.259. The van der Waals surface area contributed by atoms with Gasteiger partial charge in [-0.05, 0) is 13.0 Å². The highest BCUT2D eigenvalue weighted by atomic mass is 79.9. The Labute approximate surface area is 99.6 Å². The van der Waals surface area contributed by atoms with E-state index < -0.39 is 11.3 Å². The zero-order chi connectivity index (χ0) is 11.6. The first-order chi connectivity index (χ1) is 6.95. The summed E-state index contributed by atoms with van der Waals surface area (Å²) in [6.45, 7) is 1.32. The molecular formula is C10H8BrClF2O. The molecule has 0 N–H and O–H groups in total. The van der Waals surface area contributed by atoms with Crippen molar-refractivity contribution in [2.45, 2.75) is 18.2 Å².